The number of nitrogens with zero attached hydrogens (tertiary/aromatic N) is 3. The van der Waals surface area contributed by atoms with Gasteiger partial charge in [-0.2, -0.15) is 18.4 Å². The molecule has 1 heterocycles. The number of hydrogen-bond donors (Lipinski definition) is 0. The van der Waals surface area contributed by atoms with Crippen LogP contribution >= 0.6 is 0 Å². The Balaban J connectivity index is 1.88. The van der Waals surface area contributed by atoms with E-state index in [0.717, 1.165) is 23.1 Å². The van der Waals surface area contributed by atoms with Gasteiger partial charge in [0, 0.05) is 35.5 Å². The number of hydrogen-bond acceptors (Lipinski definition) is 6. The van der Waals surface area contributed by atoms with Crippen LogP contribution in [0, 0.1) is 17.2 Å². The number of allylic oxidation sites excluding steroid dienone is 2. The van der Waals surface area contributed by atoms with Crippen LogP contribution in [0.25, 0.3) is 0 Å². The molecular formula is C31H30F3N3O5. The first-order valence-electron chi connectivity index (χ1n) is 13.6. The zero-order chi connectivity index (χ0) is 30.8. The smallest absolute Gasteiger partial charge is 0.416 e. The summed E-state index contributed by atoms with van der Waals surface area (Å²) in [6.45, 7) is 4.54. The summed E-state index contributed by atoms with van der Waals surface area (Å²) in [7, 11) is 0. The molecular weight excluding hydrogens is 551 g/mol. The lowest BCUT2D eigenvalue weighted by Gasteiger charge is -2.41. The molecule has 42 heavy (non-hydrogen) atoms. The topological polar surface area (TPSA) is 108 Å². The summed E-state index contributed by atoms with van der Waals surface area (Å²) in [6.07, 6.45) is -3.48. The predicted molar refractivity (Wildman–Crippen MR) is 146 cm³/mol. The van der Waals surface area contributed by atoms with Crippen LogP contribution in [0.1, 0.15) is 62.6 Å². The van der Waals surface area contributed by atoms with E-state index in [2.05, 4.69) is 0 Å². The molecule has 0 spiro atoms. The number of ketones is 1. The summed E-state index contributed by atoms with van der Waals surface area (Å²) in [6, 6.07) is 12.1. The molecule has 2 atom stereocenters. The van der Waals surface area contributed by atoms with Gasteiger partial charge in [0.1, 0.15) is 5.92 Å². The van der Waals surface area contributed by atoms with E-state index in [1.807, 2.05) is 6.07 Å². The maximum absolute atomic E-state index is 14.3. The normalized spacial score (nSPS) is 18.9. The van der Waals surface area contributed by atoms with Crippen LogP contribution in [0.15, 0.2) is 59.8 Å². The van der Waals surface area contributed by atoms with Crippen LogP contribution in [0.4, 0.5) is 18.9 Å². The van der Waals surface area contributed by atoms with Crippen molar-refractivity contribution in [1.29, 1.82) is 5.26 Å². The van der Waals surface area contributed by atoms with Gasteiger partial charge in [0.05, 0.1) is 30.2 Å². The average Bonchev–Trinajstić information content (AvgIpc) is 3.78. The molecule has 0 saturated heterocycles. The van der Waals surface area contributed by atoms with E-state index in [-0.39, 0.29) is 42.6 Å². The molecule has 4 rings (SSSR count). The van der Waals surface area contributed by atoms with Gasteiger partial charge in [-0.3, -0.25) is 24.1 Å². The first kappa shape index (κ1) is 30.5. The molecule has 0 bridgehead atoms. The number of amides is 2. The number of benzene rings is 2. The number of esters is 1. The van der Waals surface area contributed by atoms with E-state index in [1.54, 1.807) is 19.1 Å². The quantitative estimate of drug-likeness (QED) is 0.300. The largest absolute Gasteiger partial charge is 0.466 e. The number of ether oxygens (including phenoxy) is 1. The fourth-order valence-electron chi connectivity index (χ4n) is 5.43. The molecule has 1 aliphatic carbocycles. The predicted octanol–water partition coefficient (Wildman–Crippen LogP) is 5.13. The van der Waals surface area contributed by atoms with Crippen LogP contribution in [-0.2, 0) is 30.1 Å². The maximum atomic E-state index is 14.3. The van der Waals surface area contributed by atoms with Crippen LogP contribution in [0.3, 0.4) is 0 Å². The van der Waals surface area contributed by atoms with Crippen molar-refractivity contribution in [2.24, 2.45) is 5.92 Å². The molecule has 2 aromatic carbocycles. The Morgan fingerprint density at radius 1 is 1.12 bits per heavy atom. The van der Waals surface area contributed by atoms with Crippen molar-refractivity contribution in [1.82, 2.24) is 4.90 Å². The summed E-state index contributed by atoms with van der Waals surface area (Å²) < 4.78 is 45.8. The van der Waals surface area contributed by atoms with Gasteiger partial charge in [-0.25, -0.2) is 0 Å². The first-order valence-corrected chi connectivity index (χ1v) is 13.6. The summed E-state index contributed by atoms with van der Waals surface area (Å²) in [5, 5.41) is 9.27. The molecule has 2 amide bonds. The van der Waals surface area contributed by atoms with E-state index < -0.39 is 47.1 Å². The SMILES string of the molecule is CCOC(=O)CCN(C(=O)C1C(=O)N(c2cccc(C(F)(F)F)c2)C(C)=C(C(C)=O)C1c1ccc(C#N)cc1)C1CC1. The second kappa shape index (κ2) is 12.2. The molecule has 0 radical (unpaired) electrons. The first-order chi connectivity index (χ1) is 19.9. The Hall–Kier alpha value is -4.46. The fourth-order valence-corrected chi connectivity index (χ4v) is 5.43. The Morgan fingerprint density at radius 2 is 1.79 bits per heavy atom. The maximum Gasteiger partial charge on any atom is 0.416 e. The van der Waals surface area contributed by atoms with Crippen molar-refractivity contribution in [2.75, 3.05) is 18.1 Å². The lowest BCUT2D eigenvalue weighted by molar-refractivity contribution is -0.146. The minimum absolute atomic E-state index is 0.0200. The highest BCUT2D eigenvalue weighted by Crippen LogP contribution is 2.45. The third-order valence-electron chi connectivity index (χ3n) is 7.46. The fraction of sp³-hybridized carbons (Fsp3) is 0.387. The van der Waals surface area contributed by atoms with E-state index in [0.29, 0.717) is 24.0 Å². The van der Waals surface area contributed by atoms with Crippen molar-refractivity contribution < 1.29 is 37.1 Å². The summed E-state index contributed by atoms with van der Waals surface area (Å²) in [5.74, 6) is -4.99. The lowest BCUT2D eigenvalue weighted by atomic mass is 9.73. The highest BCUT2D eigenvalue weighted by molar-refractivity contribution is 6.15. The van der Waals surface area contributed by atoms with Crippen LogP contribution < -0.4 is 4.90 Å². The van der Waals surface area contributed by atoms with E-state index in [4.69, 9.17) is 4.74 Å². The Bertz CT molecular complexity index is 1470. The number of anilines is 1. The average molecular weight is 582 g/mol. The Morgan fingerprint density at radius 3 is 2.33 bits per heavy atom. The molecule has 2 aromatic rings. The molecule has 220 valence electrons. The number of alkyl halides is 3. The van der Waals surface area contributed by atoms with Crippen LogP contribution in [0.5, 0.6) is 0 Å². The molecule has 0 aromatic heterocycles. The summed E-state index contributed by atoms with van der Waals surface area (Å²) in [4.78, 5) is 56.4. The standard InChI is InChI=1S/C31H30F3N3O5/c1-4-42-25(39)14-15-36(23-12-13-23)29(40)28-27(21-10-8-20(17-35)9-11-21)26(19(3)38)18(2)37(30(28)41)24-7-5-6-22(16-24)31(32,33)34/h5-11,16,23,27-28H,4,12-15H2,1-3H3. The van der Waals surface area contributed by atoms with Gasteiger partial charge in [-0.15, -0.1) is 0 Å². The van der Waals surface area contributed by atoms with Gasteiger partial charge in [-0.1, -0.05) is 18.2 Å². The van der Waals surface area contributed by atoms with Crippen molar-refractivity contribution in [2.45, 2.75) is 58.2 Å². The molecule has 0 N–H and O–H groups in total. The highest BCUT2D eigenvalue weighted by atomic mass is 19.4. The van der Waals surface area contributed by atoms with Gasteiger partial charge in [-0.05, 0) is 69.5 Å². The van der Waals surface area contributed by atoms with Crippen molar-refractivity contribution in [3.63, 3.8) is 0 Å². The second-order valence-electron chi connectivity index (χ2n) is 10.3. The van der Waals surface area contributed by atoms with Crippen LogP contribution in [-0.4, -0.2) is 47.7 Å². The third-order valence-corrected chi connectivity index (χ3v) is 7.46. The van der Waals surface area contributed by atoms with Crippen molar-refractivity contribution in [3.8, 4) is 6.07 Å². The number of nitriles is 1. The zero-order valence-electron chi connectivity index (χ0n) is 23.4. The van der Waals surface area contributed by atoms with E-state index >= 15 is 0 Å². The Labute approximate surface area is 241 Å². The second-order valence-corrected chi connectivity index (χ2v) is 10.3. The summed E-state index contributed by atoms with van der Waals surface area (Å²) in [5.41, 5.74) is -0.169. The van der Waals surface area contributed by atoms with Gasteiger partial charge in [0.15, 0.2) is 5.78 Å². The number of rotatable bonds is 9. The van der Waals surface area contributed by atoms with Gasteiger partial charge < -0.3 is 9.64 Å². The van der Waals surface area contributed by atoms with Crippen LogP contribution in [0.2, 0.25) is 0 Å². The van der Waals surface area contributed by atoms with E-state index in [1.165, 1.54) is 36.9 Å². The van der Waals surface area contributed by atoms with Gasteiger partial charge >= 0.3 is 12.1 Å². The molecule has 1 fully saturated rings. The Kier molecular flexibility index (Phi) is 8.85. The highest BCUT2D eigenvalue weighted by Gasteiger charge is 2.50. The minimum atomic E-state index is -4.69. The number of Topliss-reactive ketones (excluding diaryl/α,β-unsaturated/α-hetero) is 1. The third kappa shape index (κ3) is 6.22. The van der Waals surface area contributed by atoms with Crippen molar-refractivity contribution >= 4 is 29.3 Å². The number of carbonyl (C=O) groups excluding carboxylic acids is 4. The molecule has 8 nitrogen and oxygen atoms in total. The molecule has 1 aliphatic heterocycles. The monoisotopic (exact) mass is 581 g/mol. The minimum Gasteiger partial charge on any atom is -0.466 e. The van der Waals surface area contributed by atoms with Crippen molar-refractivity contribution in [3.05, 3.63) is 76.5 Å². The van der Waals surface area contributed by atoms with Gasteiger partial charge in [0.25, 0.3) is 0 Å². The zero-order valence-corrected chi connectivity index (χ0v) is 23.4. The molecule has 11 heteroatoms. The van der Waals surface area contributed by atoms with Gasteiger partial charge in [0.2, 0.25) is 11.8 Å². The lowest BCUT2D eigenvalue weighted by Crippen LogP contribution is -2.52. The summed E-state index contributed by atoms with van der Waals surface area (Å²) >= 11 is 0. The molecule has 2 aliphatic rings. The number of halogens is 3. The molecule has 2 unspecified atom stereocenters. The molecule has 1 saturated carbocycles. The van der Waals surface area contributed by atoms with E-state index in [9.17, 15) is 37.6 Å². The number of carbonyl (C=O) groups is 4.